The largest absolute Gasteiger partial charge is 0.493 e. The highest BCUT2D eigenvalue weighted by atomic mass is 16.5. The topological polar surface area (TPSA) is 113 Å². The van der Waals surface area contributed by atoms with Crippen LogP contribution in [0.2, 0.25) is 0 Å². The maximum Gasteiger partial charge on any atom is 0.198 e. The van der Waals surface area contributed by atoms with Crippen LogP contribution in [0, 0.1) is 0 Å². The fraction of sp³-hybridized carbons (Fsp3) is 0.500. The first kappa shape index (κ1) is 18.9. The quantitative estimate of drug-likeness (QED) is 0.635. The lowest BCUT2D eigenvalue weighted by atomic mass is 9.95. The summed E-state index contributed by atoms with van der Waals surface area (Å²) in [5.41, 5.74) is 12.4. The fourth-order valence-electron chi connectivity index (χ4n) is 2.85. The average molecular weight is 345 g/mol. The van der Waals surface area contributed by atoms with Crippen molar-refractivity contribution in [2.45, 2.75) is 38.0 Å². The molecule has 2 aromatic rings. The molecule has 0 amide bonds. The number of carbonyl (C=O) groups excluding carboxylic acids is 1. The number of nitrogens with two attached hydrogens (primary N) is 2. The maximum atomic E-state index is 10.7. The summed E-state index contributed by atoms with van der Waals surface area (Å²) in [4.78, 5) is 19.8. The summed E-state index contributed by atoms with van der Waals surface area (Å²) >= 11 is 0. The van der Waals surface area contributed by atoms with Gasteiger partial charge in [-0.1, -0.05) is 6.42 Å². The first-order valence-corrected chi connectivity index (χ1v) is 8.38. The van der Waals surface area contributed by atoms with Gasteiger partial charge in [-0.15, -0.1) is 0 Å². The van der Waals surface area contributed by atoms with E-state index in [4.69, 9.17) is 20.9 Å². The van der Waals surface area contributed by atoms with E-state index in [0.717, 1.165) is 19.3 Å². The minimum atomic E-state index is 0.0489. The molecule has 1 radical (unpaired) electrons. The van der Waals surface area contributed by atoms with Crippen molar-refractivity contribution in [3.63, 3.8) is 0 Å². The molecule has 1 atom stereocenters. The van der Waals surface area contributed by atoms with Gasteiger partial charge in [0.2, 0.25) is 0 Å². The summed E-state index contributed by atoms with van der Waals surface area (Å²) in [6.45, 7) is 0.643. The summed E-state index contributed by atoms with van der Waals surface area (Å²) in [7, 11) is 3.14. The predicted octanol–water partition coefficient (Wildman–Crippen LogP) is 2.33. The van der Waals surface area contributed by atoms with E-state index in [2.05, 4.69) is 9.97 Å². The Morgan fingerprint density at radius 2 is 1.84 bits per heavy atom. The van der Waals surface area contributed by atoms with E-state index in [-0.39, 0.29) is 5.92 Å². The minimum absolute atomic E-state index is 0.0489. The number of nitrogens with zero attached hydrogens (tertiary/aromatic N) is 2. The molecule has 7 nitrogen and oxygen atoms in total. The van der Waals surface area contributed by atoms with Gasteiger partial charge in [0.1, 0.15) is 11.6 Å². The second kappa shape index (κ2) is 9.17. The second-order valence-electron chi connectivity index (χ2n) is 5.86. The molecule has 0 aliphatic heterocycles. The van der Waals surface area contributed by atoms with E-state index < -0.39 is 0 Å². The van der Waals surface area contributed by atoms with E-state index in [9.17, 15) is 4.79 Å². The number of methoxy groups -OCH3 is 2. The molecule has 1 aromatic heterocycles. The monoisotopic (exact) mass is 345 g/mol. The van der Waals surface area contributed by atoms with Crippen molar-refractivity contribution in [1.82, 2.24) is 9.97 Å². The van der Waals surface area contributed by atoms with Gasteiger partial charge in [-0.3, -0.25) is 4.79 Å². The minimum Gasteiger partial charge on any atom is -0.493 e. The third-order valence-electron chi connectivity index (χ3n) is 4.21. The van der Waals surface area contributed by atoms with Gasteiger partial charge in [0.25, 0.3) is 0 Å². The molecule has 25 heavy (non-hydrogen) atoms. The molecule has 135 valence electrons. The third-order valence-corrected chi connectivity index (χ3v) is 4.21. The number of rotatable bonds is 10. The zero-order valence-corrected chi connectivity index (χ0v) is 14.7. The Balaban J connectivity index is 2.42. The maximum absolute atomic E-state index is 10.7. The van der Waals surface area contributed by atoms with Crippen LogP contribution < -0.4 is 20.9 Å². The van der Waals surface area contributed by atoms with Gasteiger partial charge in [-0.2, -0.15) is 0 Å². The van der Waals surface area contributed by atoms with Gasteiger partial charge in [0, 0.05) is 23.8 Å². The second-order valence-corrected chi connectivity index (χ2v) is 5.86. The molecular formula is C18H25N4O3. The molecule has 0 fully saturated rings. The molecule has 1 unspecified atom stereocenters. The highest BCUT2D eigenvalue weighted by Gasteiger charge is 2.18. The number of fused-ring (bicyclic) bond motifs is 1. The van der Waals surface area contributed by atoms with Crippen LogP contribution in [0.1, 0.15) is 43.8 Å². The van der Waals surface area contributed by atoms with Crippen molar-refractivity contribution < 1.29 is 14.3 Å². The Bertz CT molecular complexity index is 721. The predicted molar refractivity (Wildman–Crippen MR) is 97.6 cm³/mol. The molecule has 0 spiro atoms. The van der Waals surface area contributed by atoms with Crippen LogP contribution >= 0.6 is 0 Å². The van der Waals surface area contributed by atoms with E-state index in [1.54, 1.807) is 26.4 Å². The van der Waals surface area contributed by atoms with Crippen LogP contribution in [-0.2, 0) is 4.79 Å². The number of anilines is 1. The van der Waals surface area contributed by atoms with Crippen LogP contribution in [0.15, 0.2) is 12.1 Å². The lowest BCUT2D eigenvalue weighted by Crippen LogP contribution is -2.09. The van der Waals surface area contributed by atoms with Gasteiger partial charge in [-0.05, 0) is 31.9 Å². The Morgan fingerprint density at radius 1 is 1.12 bits per heavy atom. The molecule has 2 rings (SSSR count). The molecule has 1 heterocycles. The van der Waals surface area contributed by atoms with Gasteiger partial charge >= 0.3 is 0 Å². The first-order chi connectivity index (χ1) is 12.1. The molecule has 0 bridgehead atoms. The van der Waals surface area contributed by atoms with Crippen LogP contribution in [0.25, 0.3) is 10.9 Å². The standard InChI is InChI=1S/C18H25N4O3/c1-24-15-10-13-14(11-16(15)25-2)21-18(22-17(13)20)12(7-5-9-23)6-3-4-8-19/h10-12H,3-8,19H2,1-2H3,(H2,20,21,22). The Morgan fingerprint density at radius 3 is 2.48 bits per heavy atom. The number of hydrogen-bond donors (Lipinski definition) is 2. The summed E-state index contributed by atoms with van der Waals surface area (Å²) in [6.07, 6.45) is 5.67. The van der Waals surface area contributed by atoms with E-state index in [1.807, 2.05) is 6.29 Å². The summed E-state index contributed by atoms with van der Waals surface area (Å²) < 4.78 is 10.6. The first-order valence-electron chi connectivity index (χ1n) is 8.38. The SMILES string of the molecule is COc1cc2nc(C(CC[C]=O)CCCCN)nc(N)c2cc1OC. The zero-order valence-electron chi connectivity index (χ0n) is 14.7. The molecule has 7 heteroatoms. The summed E-state index contributed by atoms with van der Waals surface area (Å²) in [5.74, 6) is 2.24. The number of aromatic nitrogens is 2. The number of benzene rings is 1. The molecular weight excluding hydrogens is 320 g/mol. The number of nitrogen functional groups attached to an aromatic ring is 1. The van der Waals surface area contributed by atoms with E-state index in [1.165, 1.54) is 0 Å². The van der Waals surface area contributed by atoms with Gasteiger partial charge in [0.15, 0.2) is 17.8 Å². The van der Waals surface area contributed by atoms with Crippen molar-refractivity contribution in [1.29, 1.82) is 0 Å². The van der Waals surface area contributed by atoms with Crippen molar-refractivity contribution >= 4 is 23.0 Å². The summed E-state index contributed by atoms with van der Waals surface area (Å²) in [5, 5.41) is 0.712. The highest BCUT2D eigenvalue weighted by molar-refractivity contribution is 5.90. The molecule has 4 N–H and O–H groups in total. The van der Waals surface area contributed by atoms with Crippen LogP contribution in [-0.4, -0.2) is 37.0 Å². The normalized spacial score (nSPS) is 12.1. The van der Waals surface area contributed by atoms with E-state index in [0.29, 0.717) is 53.4 Å². The zero-order chi connectivity index (χ0) is 18.2. The Labute approximate surface area is 147 Å². The smallest absolute Gasteiger partial charge is 0.198 e. The number of hydrogen-bond acceptors (Lipinski definition) is 7. The highest BCUT2D eigenvalue weighted by Crippen LogP contribution is 2.34. The van der Waals surface area contributed by atoms with Crippen molar-refractivity contribution in [2.24, 2.45) is 5.73 Å². The van der Waals surface area contributed by atoms with Gasteiger partial charge < -0.3 is 20.9 Å². The van der Waals surface area contributed by atoms with Gasteiger partial charge in [-0.25, -0.2) is 9.97 Å². The average Bonchev–Trinajstić information content (AvgIpc) is 2.63. The lowest BCUT2D eigenvalue weighted by molar-refractivity contribution is 0.355. The van der Waals surface area contributed by atoms with Crippen LogP contribution in [0.5, 0.6) is 11.5 Å². The molecule has 0 saturated heterocycles. The summed E-state index contributed by atoms with van der Waals surface area (Å²) in [6, 6.07) is 3.56. The van der Waals surface area contributed by atoms with Crippen molar-refractivity contribution in [3.05, 3.63) is 18.0 Å². The molecule has 0 aliphatic rings. The molecule has 0 aliphatic carbocycles. The molecule has 0 saturated carbocycles. The third kappa shape index (κ3) is 4.57. The number of ether oxygens (including phenoxy) is 2. The number of unbranched alkanes of at least 4 members (excludes halogenated alkanes) is 1. The van der Waals surface area contributed by atoms with Crippen molar-refractivity contribution in [2.75, 3.05) is 26.5 Å². The Kier molecular flexibility index (Phi) is 6.94. The lowest BCUT2D eigenvalue weighted by Gasteiger charge is -2.16. The van der Waals surface area contributed by atoms with Crippen LogP contribution in [0.4, 0.5) is 5.82 Å². The molecule has 1 aromatic carbocycles. The fourth-order valence-corrected chi connectivity index (χ4v) is 2.85. The van der Waals surface area contributed by atoms with E-state index >= 15 is 0 Å². The Hall–Kier alpha value is -2.41. The van der Waals surface area contributed by atoms with Gasteiger partial charge in [0.05, 0.1) is 19.7 Å². The van der Waals surface area contributed by atoms with Crippen LogP contribution in [0.3, 0.4) is 0 Å². The van der Waals surface area contributed by atoms with Crippen molar-refractivity contribution in [3.8, 4) is 11.5 Å².